The molecule has 2 aromatic heterocycles. The smallest absolute Gasteiger partial charge is 0.337 e. The number of Topliss-reactive ketones (excluding diaryl/α,β-unsaturated/α-hetero) is 1. The largest absolute Gasteiger partial charge is 0.494 e. The lowest BCUT2D eigenvalue weighted by molar-refractivity contribution is 0.0696. The van der Waals surface area contributed by atoms with E-state index in [1.807, 2.05) is 0 Å². The van der Waals surface area contributed by atoms with Gasteiger partial charge < -0.3 is 9.84 Å². The summed E-state index contributed by atoms with van der Waals surface area (Å²) in [6.07, 6.45) is 20.1. The van der Waals surface area contributed by atoms with Gasteiger partial charge in [-0.2, -0.15) is 0 Å². The number of hydrogen-bond donors (Lipinski definition) is 1. The van der Waals surface area contributed by atoms with Gasteiger partial charge >= 0.3 is 5.97 Å². The van der Waals surface area contributed by atoms with Gasteiger partial charge in [0.05, 0.1) is 17.7 Å². The Balaban J connectivity index is 0.000000258. The van der Waals surface area contributed by atoms with Crippen LogP contribution in [-0.4, -0.2) is 51.4 Å². The van der Waals surface area contributed by atoms with Crippen LogP contribution < -0.4 is 4.74 Å². The molecule has 280 valence electrons. The highest BCUT2D eigenvalue weighted by Gasteiger charge is 2.41. The minimum atomic E-state index is -0.974. The van der Waals surface area contributed by atoms with Crippen molar-refractivity contribution in [1.29, 1.82) is 0 Å². The van der Waals surface area contributed by atoms with Crippen molar-refractivity contribution in [1.82, 2.24) is 14.9 Å². The number of carboxylic acid groups (broad SMARTS) is 1. The molecule has 3 fully saturated rings. The molecule has 4 aliphatic carbocycles. The predicted octanol–water partition coefficient (Wildman–Crippen LogP) is 10.5. The first kappa shape index (κ1) is 35.6. The summed E-state index contributed by atoms with van der Waals surface area (Å²) < 4.78 is 6.27. The Morgan fingerprint density at radius 3 is 2.47 bits per heavy atom. The van der Waals surface area contributed by atoms with Crippen molar-refractivity contribution in [2.24, 2.45) is 11.8 Å². The van der Waals surface area contributed by atoms with E-state index in [1.54, 1.807) is 35.7 Å². The average molecular weight is 732 g/mol. The average Bonchev–Trinajstić information content (AvgIpc) is 4.04. The first-order valence-electron chi connectivity index (χ1n) is 20.4. The maximum absolute atomic E-state index is 14.4. The number of ether oxygens (including phenoxy) is 1. The van der Waals surface area contributed by atoms with Crippen molar-refractivity contribution in [2.45, 2.75) is 83.1 Å². The van der Waals surface area contributed by atoms with Gasteiger partial charge in [0.25, 0.3) is 0 Å². The molecule has 1 atom stereocenters. The summed E-state index contributed by atoms with van der Waals surface area (Å²) in [6.45, 7) is 5.87. The molecule has 3 heterocycles. The minimum Gasteiger partial charge on any atom is -0.494 e. The SMILES string of the molecule is CCOc1cc(C2CCC2)c(C2CC2)cc1CN1CCC(C2C(=O)c3c(ccc4ccccc34)C3=C2CCC=C3)CC1.O=C(O)c1cnc2ccncc2c1. The molecule has 5 aromatic rings. The van der Waals surface area contributed by atoms with Crippen molar-refractivity contribution in [3.05, 3.63) is 130 Å². The van der Waals surface area contributed by atoms with E-state index in [0.29, 0.717) is 18.3 Å². The third-order valence-electron chi connectivity index (χ3n) is 12.7. The summed E-state index contributed by atoms with van der Waals surface area (Å²) >= 11 is 0. The van der Waals surface area contributed by atoms with Gasteiger partial charge in [0.15, 0.2) is 5.78 Å². The number of carboxylic acids is 1. The molecule has 0 spiro atoms. The monoisotopic (exact) mass is 731 g/mol. The lowest BCUT2D eigenvalue weighted by Gasteiger charge is -2.40. The maximum Gasteiger partial charge on any atom is 0.337 e. The van der Waals surface area contributed by atoms with Crippen LogP contribution in [0.3, 0.4) is 0 Å². The highest BCUT2D eigenvalue weighted by atomic mass is 16.5. The molecule has 7 heteroatoms. The lowest BCUT2D eigenvalue weighted by Crippen LogP contribution is -2.40. The second-order valence-electron chi connectivity index (χ2n) is 16.1. The summed E-state index contributed by atoms with van der Waals surface area (Å²) in [6, 6.07) is 21.1. The number of carbonyl (C=O) groups is 2. The van der Waals surface area contributed by atoms with Crippen LogP contribution in [0.5, 0.6) is 5.75 Å². The molecule has 0 bridgehead atoms. The molecular weight excluding hydrogens is 683 g/mol. The molecule has 1 saturated heterocycles. The number of allylic oxidation sites excluding steroid dienone is 4. The van der Waals surface area contributed by atoms with E-state index in [9.17, 15) is 9.59 Å². The van der Waals surface area contributed by atoms with Crippen LogP contribution in [0.1, 0.15) is 120 Å². The van der Waals surface area contributed by atoms with E-state index in [2.05, 4.69) is 82.5 Å². The molecule has 55 heavy (non-hydrogen) atoms. The first-order chi connectivity index (χ1) is 27.0. The number of pyridine rings is 2. The third kappa shape index (κ3) is 6.99. The number of likely N-dealkylation sites (tertiary alicyclic amines) is 1. The lowest BCUT2D eigenvalue weighted by atomic mass is 9.66. The standard InChI is InChI=1S/C39H43NO2.C9H6N2O2/c1-2-42-36-23-35(25-9-7-10-25)34(27-14-15-27)22-29(36)24-40-20-18-28(19-21-40)37-32-13-6-5-12-31(32)33-17-16-26-8-3-4-11-30(26)38(33)39(37)41;12-9(13)7-3-6-4-10-2-1-8(6)11-5-7/h3-5,8,11-12,16-17,22-23,25,27-28,37H,2,6-7,9-10,13-15,18-21,24H2,1H3;1-5H,(H,12,13). The van der Waals surface area contributed by atoms with Crippen LogP contribution >= 0.6 is 0 Å². The Morgan fingerprint density at radius 2 is 1.71 bits per heavy atom. The number of ketones is 1. The highest BCUT2D eigenvalue weighted by Crippen LogP contribution is 2.50. The number of piperidine rings is 1. The Labute approximate surface area is 323 Å². The van der Waals surface area contributed by atoms with Crippen molar-refractivity contribution in [3.8, 4) is 5.75 Å². The van der Waals surface area contributed by atoms with E-state index in [1.165, 1.54) is 60.4 Å². The number of nitrogens with zero attached hydrogens (tertiary/aromatic N) is 3. The molecule has 2 saturated carbocycles. The van der Waals surface area contributed by atoms with E-state index in [-0.39, 0.29) is 11.5 Å². The molecule has 3 aromatic carbocycles. The molecule has 1 N–H and O–H groups in total. The summed E-state index contributed by atoms with van der Waals surface area (Å²) in [5.41, 5.74) is 10.4. The first-order valence-corrected chi connectivity index (χ1v) is 20.4. The van der Waals surface area contributed by atoms with E-state index in [4.69, 9.17) is 9.84 Å². The second kappa shape index (κ2) is 15.2. The van der Waals surface area contributed by atoms with E-state index >= 15 is 0 Å². The maximum atomic E-state index is 14.4. The van der Waals surface area contributed by atoms with Gasteiger partial charge in [0.2, 0.25) is 0 Å². The number of benzene rings is 3. The van der Waals surface area contributed by atoms with Gasteiger partial charge in [-0.15, -0.1) is 0 Å². The second-order valence-corrected chi connectivity index (χ2v) is 16.1. The highest BCUT2D eigenvalue weighted by molar-refractivity contribution is 6.17. The summed E-state index contributed by atoms with van der Waals surface area (Å²) in [5, 5.41) is 11.7. The molecule has 0 amide bonds. The Kier molecular flexibility index (Phi) is 9.81. The number of aromatic nitrogens is 2. The fraction of sp³-hybridized carbons (Fsp3) is 0.375. The van der Waals surface area contributed by atoms with E-state index in [0.717, 1.165) is 90.3 Å². The Hall–Kier alpha value is -5.14. The Morgan fingerprint density at radius 1 is 0.909 bits per heavy atom. The van der Waals surface area contributed by atoms with Crippen molar-refractivity contribution >= 4 is 39.0 Å². The number of hydrogen-bond acceptors (Lipinski definition) is 6. The van der Waals surface area contributed by atoms with Crippen LogP contribution in [-0.2, 0) is 6.54 Å². The zero-order valence-electron chi connectivity index (χ0n) is 31.7. The summed E-state index contributed by atoms with van der Waals surface area (Å²) in [5.74, 6) is 2.45. The van der Waals surface area contributed by atoms with Crippen molar-refractivity contribution in [2.75, 3.05) is 19.7 Å². The van der Waals surface area contributed by atoms with Crippen LogP contribution in [0.2, 0.25) is 0 Å². The van der Waals surface area contributed by atoms with Gasteiger partial charge in [-0.1, -0.05) is 66.6 Å². The van der Waals surface area contributed by atoms with Crippen molar-refractivity contribution in [3.63, 3.8) is 0 Å². The molecule has 1 unspecified atom stereocenters. The van der Waals surface area contributed by atoms with Gasteiger partial charge in [0, 0.05) is 47.6 Å². The van der Waals surface area contributed by atoms with Gasteiger partial charge in [-0.25, -0.2) is 4.79 Å². The van der Waals surface area contributed by atoms with E-state index < -0.39 is 5.97 Å². The van der Waals surface area contributed by atoms with Gasteiger partial charge in [0.1, 0.15) is 5.75 Å². The molecule has 1 aliphatic heterocycles. The number of rotatable bonds is 8. The van der Waals surface area contributed by atoms with Gasteiger partial charge in [-0.05, 0) is 140 Å². The molecule has 0 radical (unpaired) electrons. The molecule has 10 rings (SSSR count). The van der Waals surface area contributed by atoms with Crippen LogP contribution in [0.4, 0.5) is 0 Å². The zero-order chi connectivity index (χ0) is 37.5. The summed E-state index contributed by atoms with van der Waals surface area (Å²) in [7, 11) is 0. The minimum absolute atomic E-state index is 0.0209. The van der Waals surface area contributed by atoms with Crippen LogP contribution in [0.25, 0.3) is 27.2 Å². The third-order valence-corrected chi connectivity index (χ3v) is 12.7. The molecule has 5 aliphatic rings. The van der Waals surface area contributed by atoms with Crippen LogP contribution in [0.15, 0.2) is 97.0 Å². The fourth-order valence-electron chi connectivity index (χ4n) is 9.51. The molecule has 7 nitrogen and oxygen atoms in total. The number of carbonyl (C=O) groups excluding carboxylic acids is 1. The van der Waals surface area contributed by atoms with Crippen molar-refractivity contribution < 1.29 is 19.4 Å². The number of fused-ring (bicyclic) bond motifs is 5. The quantitative estimate of drug-likeness (QED) is 0.170. The normalized spacial score (nSPS) is 20.1. The Bertz CT molecular complexity index is 2350. The summed E-state index contributed by atoms with van der Waals surface area (Å²) in [4.78, 5) is 35.5. The fourth-order valence-corrected chi connectivity index (χ4v) is 9.51. The van der Waals surface area contributed by atoms with Gasteiger partial charge in [-0.3, -0.25) is 19.7 Å². The topological polar surface area (TPSA) is 92.6 Å². The zero-order valence-corrected chi connectivity index (χ0v) is 31.7. The number of aromatic carboxylic acids is 1. The molecular formula is C48H49N3O4. The van der Waals surface area contributed by atoms with Crippen LogP contribution in [0, 0.1) is 11.8 Å². The predicted molar refractivity (Wildman–Crippen MR) is 218 cm³/mol.